The highest BCUT2D eigenvalue weighted by atomic mass is 16.5. The molecule has 12 heteroatoms. The van der Waals surface area contributed by atoms with Gasteiger partial charge in [0, 0.05) is 56.9 Å². The summed E-state index contributed by atoms with van der Waals surface area (Å²) in [5.41, 5.74) is 2.82. The third kappa shape index (κ3) is 8.38. The Balaban J connectivity index is 0.000000436. The second kappa shape index (κ2) is 13.7. The summed E-state index contributed by atoms with van der Waals surface area (Å²) in [5, 5.41) is 21.5. The Bertz CT molecular complexity index is 1080. The molecule has 1 aromatic rings. The van der Waals surface area contributed by atoms with Gasteiger partial charge in [-0.05, 0) is 51.1 Å². The number of hydrazone groups is 1. The number of hydrogen-bond donors (Lipinski definition) is 2. The van der Waals surface area contributed by atoms with Crippen molar-refractivity contribution in [3.05, 3.63) is 41.5 Å². The Labute approximate surface area is 221 Å². The number of aryl methyl sites for hydroxylation is 1. The number of fused-ring (bicyclic) bond motifs is 1. The third-order valence-corrected chi connectivity index (χ3v) is 6.39. The zero-order valence-corrected chi connectivity index (χ0v) is 21.8. The molecule has 0 aromatic heterocycles. The largest absolute Gasteiger partial charge is 0.492 e. The van der Waals surface area contributed by atoms with Gasteiger partial charge in [0.25, 0.3) is 5.91 Å². The van der Waals surface area contributed by atoms with Gasteiger partial charge in [-0.15, -0.1) is 0 Å². The minimum Gasteiger partial charge on any atom is -0.492 e. The van der Waals surface area contributed by atoms with E-state index >= 15 is 0 Å². The number of imide groups is 1. The quantitative estimate of drug-likeness (QED) is 0.291. The van der Waals surface area contributed by atoms with Crippen LogP contribution >= 0.6 is 0 Å². The van der Waals surface area contributed by atoms with Gasteiger partial charge in [0.05, 0.1) is 12.3 Å². The van der Waals surface area contributed by atoms with Crippen LogP contribution in [0.3, 0.4) is 0 Å². The Hall–Kier alpha value is -3.77. The van der Waals surface area contributed by atoms with E-state index in [4.69, 9.17) is 14.9 Å². The number of nitrogens with zero attached hydrogens (tertiary/aromatic N) is 5. The average Bonchev–Trinajstić information content (AvgIpc) is 3.14. The Kier molecular flexibility index (Phi) is 10.4. The van der Waals surface area contributed by atoms with Crippen molar-refractivity contribution in [2.45, 2.75) is 26.2 Å². The summed E-state index contributed by atoms with van der Waals surface area (Å²) >= 11 is 0. The molecule has 0 saturated carbocycles. The first-order valence-electron chi connectivity index (χ1n) is 12.6. The summed E-state index contributed by atoms with van der Waals surface area (Å²) in [6.45, 7) is 8.43. The first-order valence-corrected chi connectivity index (χ1v) is 12.6. The van der Waals surface area contributed by atoms with E-state index in [0.717, 1.165) is 68.2 Å². The topological polar surface area (TPSA) is 143 Å². The summed E-state index contributed by atoms with van der Waals surface area (Å²) < 4.78 is 5.72. The predicted octanol–water partition coefficient (Wildman–Crippen LogP) is 1.49. The number of carbonyl (C=O) groups excluding carboxylic acids is 2. The van der Waals surface area contributed by atoms with E-state index in [2.05, 4.69) is 21.9 Å². The number of carbonyl (C=O) groups is 4. The fraction of sp³-hybridized carbons (Fsp3) is 0.500. The van der Waals surface area contributed by atoms with E-state index in [1.165, 1.54) is 9.91 Å². The molecule has 12 nitrogen and oxygen atoms in total. The Morgan fingerprint density at radius 2 is 1.68 bits per heavy atom. The van der Waals surface area contributed by atoms with Crippen LogP contribution in [0.25, 0.3) is 0 Å². The highest BCUT2D eigenvalue weighted by Crippen LogP contribution is 2.27. The first-order chi connectivity index (χ1) is 18.1. The number of benzene rings is 1. The van der Waals surface area contributed by atoms with Crippen molar-refractivity contribution in [1.82, 2.24) is 19.7 Å². The summed E-state index contributed by atoms with van der Waals surface area (Å²) in [6.07, 6.45) is 3.55. The number of likely N-dealkylation sites (N-methyl/N-ethyl adjacent to an activating group) is 1. The molecule has 0 aliphatic carbocycles. The lowest BCUT2D eigenvalue weighted by molar-refractivity contribution is -0.134. The van der Waals surface area contributed by atoms with Crippen LogP contribution in [0.2, 0.25) is 0 Å². The first kappa shape index (κ1) is 28.8. The number of unbranched alkanes of at least 4 members (excludes halogenated alkanes) is 1. The lowest BCUT2D eigenvalue weighted by Crippen LogP contribution is -2.44. The molecule has 0 radical (unpaired) electrons. The van der Waals surface area contributed by atoms with Gasteiger partial charge < -0.3 is 24.7 Å². The standard InChI is InChI=1S/C22H31N5O3.C4H4O4/c1-17-5-6-18-19(7-14-30-20(18)15-17)23-27-16-21(28)26(22(27)29)9-4-3-8-25-12-10-24(2)11-13-25;5-3(6)1-2-4(7)8/h5-6,15H,3-4,7-14,16H2,1-2H3;1-2H,(H,5,6)(H,7,8)/b23-19+;2-1+. The summed E-state index contributed by atoms with van der Waals surface area (Å²) in [5.74, 6) is -1.89. The molecule has 206 valence electrons. The van der Waals surface area contributed by atoms with Crippen LogP contribution in [0.1, 0.15) is 30.4 Å². The maximum absolute atomic E-state index is 12.8. The van der Waals surface area contributed by atoms with Crippen LogP contribution in [0, 0.1) is 6.92 Å². The molecule has 2 fully saturated rings. The van der Waals surface area contributed by atoms with Gasteiger partial charge >= 0.3 is 18.0 Å². The van der Waals surface area contributed by atoms with Crippen LogP contribution < -0.4 is 4.74 Å². The van der Waals surface area contributed by atoms with Crippen LogP contribution in [-0.4, -0.2) is 119 Å². The molecule has 38 heavy (non-hydrogen) atoms. The van der Waals surface area contributed by atoms with E-state index in [1.807, 2.05) is 25.1 Å². The SMILES string of the molecule is Cc1ccc2c(c1)OCC/C2=N\N1CC(=O)N(CCCCN2CCN(C)CC2)C1=O.O=C(O)/C=C/C(=O)O. The zero-order valence-electron chi connectivity index (χ0n) is 21.8. The molecule has 3 aliphatic heterocycles. The van der Waals surface area contributed by atoms with Crippen LogP contribution in [-0.2, 0) is 14.4 Å². The van der Waals surface area contributed by atoms with Gasteiger partial charge in [-0.3, -0.25) is 9.69 Å². The molecule has 2 saturated heterocycles. The summed E-state index contributed by atoms with van der Waals surface area (Å²) in [7, 11) is 2.15. The maximum atomic E-state index is 12.8. The highest BCUT2D eigenvalue weighted by molar-refractivity contribution is 6.06. The highest BCUT2D eigenvalue weighted by Gasteiger charge is 2.36. The molecule has 3 heterocycles. The van der Waals surface area contributed by atoms with Crippen LogP contribution in [0.4, 0.5) is 4.79 Å². The second-order valence-electron chi connectivity index (χ2n) is 9.39. The predicted molar refractivity (Wildman–Crippen MR) is 139 cm³/mol. The van der Waals surface area contributed by atoms with Gasteiger partial charge in [-0.25, -0.2) is 19.4 Å². The van der Waals surface area contributed by atoms with Crippen molar-refractivity contribution >= 4 is 29.6 Å². The van der Waals surface area contributed by atoms with Crippen LogP contribution in [0.15, 0.2) is 35.5 Å². The number of aliphatic carboxylic acids is 2. The fourth-order valence-electron chi connectivity index (χ4n) is 4.27. The number of piperazine rings is 1. The fourth-order valence-corrected chi connectivity index (χ4v) is 4.27. The van der Waals surface area contributed by atoms with E-state index in [9.17, 15) is 19.2 Å². The molecule has 0 atom stereocenters. The Morgan fingerprint density at radius 1 is 1.03 bits per heavy atom. The van der Waals surface area contributed by atoms with Gasteiger partial charge in [0.1, 0.15) is 12.3 Å². The molecular weight excluding hydrogens is 494 g/mol. The van der Waals surface area contributed by atoms with E-state index in [0.29, 0.717) is 31.7 Å². The molecule has 0 unspecified atom stereocenters. The molecule has 4 rings (SSSR count). The minimum atomic E-state index is -1.26. The number of amides is 3. The van der Waals surface area contributed by atoms with E-state index in [1.54, 1.807) is 0 Å². The maximum Gasteiger partial charge on any atom is 0.347 e. The molecule has 0 spiro atoms. The molecular formula is C26H35N5O7. The molecule has 2 N–H and O–H groups in total. The minimum absolute atomic E-state index is 0.0167. The number of carboxylic acid groups (broad SMARTS) is 2. The normalized spacial score (nSPS) is 19.4. The monoisotopic (exact) mass is 529 g/mol. The molecule has 3 aliphatic rings. The molecule has 0 bridgehead atoms. The van der Waals surface area contributed by atoms with Gasteiger partial charge in [0.2, 0.25) is 0 Å². The lowest BCUT2D eigenvalue weighted by atomic mass is 10.0. The second-order valence-corrected chi connectivity index (χ2v) is 9.39. The van der Waals surface area contributed by atoms with Crippen LogP contribution in [0.5, 0.6) is 5.75 Å². The number of urea groups is 1. The summed E-state index contributed by atoms with van der Waals surface area (Å²) in [6, 6.07) is 5.65. The van der Waals surface area contributed by atoms with Crippen molar-refractivity contribution in [1.29, 1.82) is 0 Å². The van der Waals surface area contributed by atoms with Crippen molar-refractivity contribution in [3.8, 4) is 5.75 Å². The van der Waals surface area contributed by atoms with Gasteiger partial charge in [-0.2, -0.15) is 5.10 Å². The summed E-state index contributed by atoms with van der Waals surface area (Å²) in [4.78, 5) is 50.4. The molecule has 3 amide bonds. The smallest absolute Gasteiger partial charge is 0.347 e. The third-order valence-electron chi connectivity index (χ3n) is 6.39. The van der Waals surface area contributed by atoms with Crippen molar-refractivity contribution in [3.63, 3.8) is 0 Å². The van der Waals surface area contributed by atoms with E-state index < -0.39 is 11.9 Å². The van der Waals surface area contributed by atoms with E-state index in [-0.39, 0.29) is 18.5 Å². The Morgan fingerprint density at radius 3 is 2.34 bits per heavy atom. The van der Waals surface area contributed by atoms with Crippen molar-refractivity contribution in [2.75, 3.05) is 59.5 Å². The number of ether oxygens (including phenoxy) is 1. The number of rotatable bonds is 8. The molecule has 1 aromatic carbocycles. The number of carboxylic acids is 2. The average molecular weight is 530 g/mol. The van der Waals surface area contributed by atoms with Crippen molar-refractivity contribution in [2.24, 2.45) is 5.10 Å². The van der Waals surface area contributed by atoms with Gasteiger partial charge in [0.15, 0.2) is 0 Å². The van der Waals surface area contributed by atoms with Gasteiger partial charge in [-0.1, -0.05) is 6.07 Å². The van der Waals surface area contributed by atoms with Crippen molar-refractivity contribution < 1.29 is 34.1 Å². The number of hydrogen-bond acceptors (Lipinski definition) is 8. The zero-order chi connectivity index (χ0) is 27.7. The lowest BCUT2D eigenvalue weighted by Gasteiger charge is -2.32.